The quantitative estimate of drug-likeness (QED) is 0.801. The van der Waals surface area contributed by atoms with Gasteiger partial charge in [0.25, 0.3) is 0 Å². The molecule has 1 atom stereocenters. The molecule has 4 heteroatoms. The van der Waals surface area contributed by atoms with E-state index in [-0.39, 0.29) is 29.8 Å². The van der Waals surface area contributed by atoms with Gasteiger partial charge in [-0.05, 0) is 17.7 Å². The molecule has 2 rings (SSSR count). The Bertz CT molecular complexity index is 455. The summed E-state index contributed by atoms with van der Waals surface area (Å²) in [5.74, 6) is -0.152. The minimum absolute atomic E-state index is 0.000887. The number of amides is 1. The first-order valence-corrected chi connectivity index (χ1v) is 6.11. The second kappa shape index (κ2) is 5.29. The fourth-order valence-corrected chi connectivity index (χ4v) is 2.13. The highest BCUT2D eigenvalue weighted by Crippen LogP contribution is 2.14. The van der Waals surface area contributed by atoms with Crippen molar-refractivity contribution in [3.8, 4) is 0 Å². The number of Topliss-reactive ketones (excluding diaryl/α,β-unsaturated/α-hetero) is 1. The van der Waals surface area contributed by atoms with Gasteiger partial charge in [0.05, 0.1) is 6.42 Å². The van der Waals surface area contributed by atoms with Crippen molar-refractivity contribution in [3.63, 3.8) is 0 Å². The Morgan fingerprint density at radius 2 is 2.06 bits per heavy atom. The summed E-state index contributed by atoms with van der Waals surface area (Å²) in [6.07, 6.45) is 0.706. The number of hydrogen-bond donors (Lipinski definition) is 0. The maximum atomic E-state index is 12.7. The summed E-state index contributed by atoms with van der Waals surface area (Å²) in [4.78, 5) is 25.1. The molecule has 1 saturated heterocycles. The molecule has 1 heterocycles. The molecule has 0 radical (unpaired) electrons. The van der Waals surface area contributed by atoms with Crippen molar-refractivity contribution in [1.29, 1.82) is 0 Å². The lowest BCUT2D eigenvalue weighted by Crippen LogP contribution is -2.43. The molecule has 0 spiro atoms. The molecule has 1 amide bonds. The molecular formula is C14H16FNO2. The predicted molar refractivity (Wildman–Crippen MR) is 65.5 cm³/mol. The van der Waals surface area contributed by atoms with Gasteiger partial charge in [-0.1, -0.05) is 19.1 Å². The van der Waals surface area contributed by atoms with Crippen molar-refractivity contribution in [2.45, 2.75) is 19.8 Å². The molecule has 1 aromatic carbocycles. The van der Waals surface area contributed by atoms with Gasteiger partial charge in [0, 0.05) is 25.4 Å². The number of carbonyl (C=O) groups excluding carboxylic acids is 2. The maximum Gasteiger partial charge on any atom is 0.227 e. The number of carbonyl (C=O) groups is 2. The number of benzene rings is 1. The van der Waals surface area contributed by atoms with Crippen molar-refractivity contribution in [2.75, 3.05) is 13.1 Å². The largest absolute Gasteiger partial charge is 0.341 e. The van der Waals surface area contributed by atoms with E-state index in [1.807, 2.05) is 6.92 Å². The predicted octanol–water partition coefficient (Wildman–Crippen LogP) is 1.81. The summed E-state index contributed by atoms with van der Waals surface area (Å²) >= 11 is 0. The number of rotatable bonds is 2. The number of halogens is 1. The summed E-state index contributed by atoms with van der Waals surface area (Å²) in [7, 11) is 0. The number of likely N-dealkylation sites (tertiary alicyclic amines) is 1. The molecule has 0 aliphatic carbocycles. The zero-order valence-electron chi connectivity index (χ0n) is 10.4. The molecule has 96 valence electrons. The lowest BCUT2D eigenvalue weighted by molar-refractivity contribution is -0.136. The maximum absolute atomic E-state index is 12.7. The van der Waals surface area contributed by atoms with Crippen molar-refractivity contribution >= 4 is 11.7 Å². The van der Waals surface area contributed by atoms with E-state index in [0.717, 1.165) is 5.56 Å². The SMILES string of the molecule is CC1CN(C(=O)Cc2ccc(F)cc2)CCC1=O. The molecular weight excluding hydrogens is 233 g/mol. The van der Waals surface area contributed by atoms with Gasteiger partial charge >= 0.3 is 0 Å². The van der Waals surface area contributed by atoms with Gasteiger partial charge in [0.15, 0.2) is 0 Å². The molecule has 1 fully saturated rings. The molecule has 0 N–H and O–H groups in total. The van der Waals surface area contributed by atoms with E-state index in [9.17, 15) is 14.0 Å². The average Bonchev–Trinajstić information content (AvgIpc) is 2.35. The van der Waals surface area contributed by atoms with Gasteiger partial charge in [0.1, 0.15) is 11.6 Å². The Labute approximate surface area is 106 Å². The highest BCUT2D eigenvalue weighted by Gasteiger charge is 2.26. The van der Waals surface area contributed by atoms with Crippen LogP contribution < -0.4 is 0 Å². The summed E-state index contributed by atoms with van der Waals surface area (Å²) < 4.78 is 12.7. The Morgan fingerprint density at radius 1 is 1.39 bits per heavy atom. The average molecular weight is 249 g/mol. The van der Waals surface area contributed by atoms with Crippen LogP contribution in [0, 0.1) is 11.7 Å². The third kappa shape index (κ3) is 2.94. The second-order valence-electron chi connectivity index (χ2n) is 4.76. The summed E-state index contributed by atoms with van der Waals surface area (Å²) in [6, 6.07) is 5.94. The fraction of sp³-hybridized carbons (Fsp3) is 0.429. The van der Waals surface area contributed by atoms with E-state index in [2.05, 4.69) is 0 Å². The molecule has 0 saturated carbocycles. The number of piperidine rings is 1. The minimum atomic E-state index is -0.302. The first-order valence-electron chi connectivity index (χ1n) is 6.11. The Kier molecular flexibility index (Phi) is 3.75. The van der Waals surface area contributed by atoms with Crippen molar-refractivity contribution in [3.05, 3.63) is 35.6 Å². The molecule has 1 aromatic rings. The van der Waals surface area contributed by atoms with E-state index < -0.39 is 0 Å². The molecule has 0 aromatic heterocycles. The highest BCUT2D eigenvalue weighted by molar-refractivity contribution is 5.85. The van der Waals surface area contributed by atoms with Crippen molar-refractivity contribution in [2.24, 2.45) is 5.92 Å². The van der Waals surface area contributed by atoms with Crippen LogP contribution in [0.4, 0.5) is 4.39 Å². The van der Waals surface area contributed by atoms with Crippen LogP contribution in [0.15, 0.2) is 24.3 Å². The topological polar surface area (TPSA) is 37.4 Å². The molecule has 3 nitrogen and oxygen atoms in total. The molecule has 1 unspecified atom stereocenters. The van der Waals surface area contributed by atoms with Crippen molar-refractivity contribution < 1.29 is 14.0 Å². The smallest absolute Gasteiger partial charge is 0.227 e. The summed E-state index contributed by atoms with van der Waals surface area (Å²) in [5.41, 5.74) is 0.797. The van der Waals surface area contributed by atoms with Gasteiger partial charge in [-0.25, -0.2) is 4.39 Å². The Balaban J connectivity index is 1.96. The van der Waals surface area contributed by atoms with Crippen molar-refractivity contribution in [1.82, 2.24) is 4.90 Å². The van der Waals surface area contributed by atoms with E-state index in [0.29, 0.717) is 19.5 Å². The molecule has 1 aliphatic heterocycles. The van der Waals surface area contributed by atoms with Gasteiger partial charge < -0.3 is 4.90 Å². The Hall–Kier alpha value is -1.71. The van der Waals surface area contributed by atoms with Crippen LogP contribution in [0.3, 0.4) is 0 Å². The third-order valence-corrected chi connectivity index (χ3v) is 3.29. The third-order valence-electron chi connectivity index (χ3n) is 3.29. The standard InChI is InChI=1S/C14H16FNO2/c1-10-9-16(7-6-13(10)17)14(18)8-11-2-4-12(15)5-3-11/h2-5,10H,6-9H2,1H3. The monoisotopic (exact) mass is 249 g/mol. The van der Waals surface area contributed by atoms with Crippen LogP contribution in [0.5, 0.6) is 0 Å². The number of ketones is 1. The molecule has 18 heavy (non-hydrogen) atoms. The van der Waals surface area contributed by atoms with Gasteiger partial charge in [0.2, 0.25) is 5.91 Å². The first-order chi connectivity index (χ1) is 8.56. The lowest BCUT2D eigenvalue weighted by Gasteiger charge is -2.30. The van der Waals surface area contributed by atoms with E-state index >= 15 is 0 Å². The zero-order chi connectivity index (χ0) is 13.1. The van der Waals surface area contributed by atoms with Crippen LogP contribution in [0.1, 0.15) is 18.9 Å². The minimum Gasteiger partial charge on any atom is -0.341 e. The first kappa shape index (κ1) is 12.7. The van der Waals surface area contributed by atoms with Crippen LogP contribution in [0.2, 0.25) is 0 Å². The summed E-state index contributed by atoms with van der Waals surface area (Å²) in [5, 5.41) is 0. The van der Waals surface area contributed by atoms with Crippen LogP contribution in [-0.2, 0) is 16.0 Å². The summed E-state index contributed by atoms with van der Waals surface area (Å²) in [6.45, 7) is 2.85. The highest BCUT2D eigenvalue weighted by atomic mass is 19.1. The van der Waals surface area contributed by atoms with Gasteiger partial charge in [-0.2, -0.15) is 0 Å². The fourth-order valence-electron chi connectivity index (χ4n) is 2.13. The lowest BCUT2D eigenvalue weighted by atomic mass is 9.98. The second-order valence-corrected chi connectivity index (χ2v) is 4.76. The zero-order valence-corrected chi connectivity index (χ0v) is 10.4. The number of hydrogen-bond acceptors (Lipinski definition) is 2. The van der Waals surface area contributed by atoms with E-state index in [1.165, 1.54) is 12.1 Å². The van der Waals surface area contributed by atoms with Crippen LogP contribution in [0.25, 0.3) is 0 Å². The van der Waals surface area contributed by atoms with Gasteiger partial charge in [-0.15, -0.1) is 0 Å². The van der Waals surface area contributed by atoms with E-state index in [1.54, 1.807) is 17.0 Å². The van der Waals surface area contributed by atoms with Crippen LogP contribution >= 0.6 is 0 Å². The van der Waals surface area contributed by atoms with E-state index in [4.69, 9.17) is 0 Å². The van der Waals surface area contributed by atoms with Gasteiger partial charge in [-0.3, -0.25) is 9.59 Å². The van der Waals surface area contributed by atoms with Crippen LogP contribution in [-0.4, -0.2) is 29.7 Å². The normalized spacial score (nSPS) is 20.0. The molecule has 1 aliphatic rings. The Morgan fingerprint density at radius 3 is 2.67 bits per heavy atom. The number of nitrogens with zero attached hydrogens (tertiary/aromatic N) is 1. The molecule has 0 bridgehead atoms.